The number of likely N-dealkylation sites (tertiary alicyclic amines) is 1. The summed E-state index contributed by atoms with van der Waals surface area (Å²) in [7, 11) is 2.17. The topological polar surface area (TPSA) is 32.3 Å². The minimum Gasteiger partial charge on any atom is -0.355 e. The summed E-state index contributed by atoms with van der Waals surface area (Å²) >= 11 is 0. The van der Waals surface area contributed by atoms with Crippen LogP contribution in [0.25, 0.3) is 0 Å². The fourth-order valence-corrected chi connectivity index (χ4v) is 3.68. The summed E-state index contributed by atoms with van der Waals surface area (Å²) < 4.78 is 0. The number of amides is 1. The van der Waals surface area contributed by atoms with Gasteiger partial charge in [-0.15, -0.1) is 0 Å². The molecule has 1 atom stereocenters. The molecule has 2 aliphatic heterocycles. The van der Waals surface area contributed by atoms with Crippen molar-refractivity contribution in [2.45, 2.75) is 25.2 Å². The minimum absolute atomic E-state index is 0.177. The molecule has 3 rings (SSSR count). The largest absolute Gasteiger partial charge is 0.355 e. The lowest BCUT2D eigenvalue weighted by Gasteiger charge is -2.48. The van der Waals surface area contributed by atoms with Crippen LogP contribution in [-0.4, -0.2) is 37.5 Å². The molecule has 1 amide bonds. The Kier molecular flexibility index (Phi) is 3.31. The van der Waals surface area contributed by atoms with Gasteiger partial charge in [-0.05, 0) is 44.0 Å². The number of carbonyl (C=O) groups excluding carboxylic acids is 1. The smallest absolute Gasteiger partial charge is 0.220 e. The molecule has 3 nitrogen and oxygen atoms in total. The Balaban J connectivity index is 1.90. The molecular weight excluding hydrogens is 236 g/mol. The van der Waals surface area contributed by atoms with Crippen LogP contribution in [0.5, 0.6) is 0 Å². The average Bonchev–Trinajstić information content (AvgIpc) is 2.43. The summed E-state index contributed by atoms with van der Waals surface area (Å²) in [5.41, 5.74) is 1.56. The summed E-state index contributed by atoms with van der Waals surface area (Å²) in [6, 6.07) is 10.7. The van der Waals surface area contributed by atoms with E-state index in [1.54, 1.807) is 0 Å². The zero-order chi connectivity index (χ0) is 13.3. The maximum absolute atomic E-state index is 11.9. The van der Waals surface area contributed by atoms with Crippen LogP contribution in [0.4, 0.5) is 0 Å². The van der Waals surface area contributed by atoms with Gasteiger partial charge in [-0.25, -0.2) is 0 Å². The van der Waals surface area contributed by atoms with Gasteiger partial charge < -0.3 is 10.2 Å². The lowest BCUT2D eigenvalue weighted by atomic mass is 9.62. The molecule has 0 aromatic heterocycles. The Bertz CT molecular complexity index is 449. The van der Waals surface area contributed by atoms with Crippen LogP contribution in [0.1, 0.15) is 30.7 Å². The molecule has 0 aliphatic carbocycles. The van der Waals surface area contributed by atoms with E-state index in [9.17, 15) is 4.79 Å². The normalized spacial score (nSPS) is 27.2. The van der Waals surface area contributed by atoms with Crippen LogP contribution in [0.2, 0.25) is 0 Å². The van der Waals surface area contributed by atoms with Gasteiger partial charge in [-0.1, -0.05) is 30.3 Å². The highest BCUT2D eigenvalue weighted by atomic mass is 16.1. The van der Waals surface area contributed by atoms with E-state index in [1.807, 2.05) is 0 Å². The molecule has 2 heterocycles. The molecule has 19 heavy (non-hydrogen) atoms. The van der Waals surface area contributed by atoms with E-state index >= 15 is 0 Å². The molecule has 1 aromatic carbocycles. The van der Waals surface area contributed by atoms with E-state index in [0.29, 0.717) is 12.3 Å². The fraction of sp³-hybridized carbons (Fsp3) is 0.562. The van der Waals surface area contributed by atoms with Gasteiger partial charge in [0.05, 0.1) is 0 Å². The first-order valence-corrected chi connectivity index (χ1v) is 7.20. The van der Waals surface area contributed by atoms with Crippen LogP contribution < -0.4 is 5.32 Å². The first kappa shape index (κ1) is 12.7. The third kappa shape index (κ3) is 2.39. The molecule has 2 fully saturated rings. The number of piperidine rings is 2. The SMILES string of the molecule is CN1CCC2(CC1)CC(=O)NCC2c1ccccc1. The summed E-state index contributed by atoms with van der Waals surface area (Å²) in [5.74, 6) is 0.705. The van der Waals surface area contributed by atoms with Gasteiger partial charge in [0, 0.05) is 18.9 Å². The molecule has 2 aliphatic rings. The lowest BCUT2D eigenvalue weighted by Crippen LogP contribution is -2.51. The van der Waals surface area contributed by atoms with Crippen molar-refractivity contribution < 1.29 is 4.79 Å². The number of rotatable bonds is 1. The first-order valence-electron chi connectivity index (χ1n) is 7.20. The zero-order valence-corrected chi connectivity index (χ0v) is 11.6. The van der Waals surface area contributed by atoms with Gasteiger partial charge in [0.2, 0.25) is 5.91 Å². The number of nitrogens with one attached hydrogen (secondary N) is 1. The van der Waals surface area contributed by atoms with Gasteiger partial charge in [0.25, 0.3) is 0 Å². The Morgan fingerprint density at radius 2 is 1.89 bits per heavy atom. The monoisotopic (exact) mass is 258 g/mol. The van der Waals surface area contributed by atoms with Gasteiger partial charge >= 0.3 is 0 Å². The van der Waals surface area contributed by atoms with Crippen molar-refractivity contribution in [1.82, 2.24) is 10.2 Å². The summed E-state index contributed by atoms with van der Waals surface area (Å²) in [6.07, 6.45) is 2.97. The number of nitrogens with zero attached hydrogens (tertiary/aromatic N) is 1. The molecule has 1 spiro atoms. The highest BCUT2D eigenvalue weighted by Gasteiger charge is 2.45. The van der Waals surface area contributed by atoms with Gasteiger partial charge in [-0.2, -0.15) is 0 Å². The average molecular weight is 258 g/mol. The van der Waals surface area contributed by atoms with Crippen molar-refractivity contribution in [1.29, 1.82) is 0 Å². The minimum atomic E-state index is 0.177. The highest BCUT2D eigenvalue weighted by molar-refractivity contribution is 5.78. The third-order valence-electron chi connectivity index (χ3n) is 4.94. The van der Waals surface area contributed by atoms with E-state index in [0.717, 1.165) is 32.5 Å². The summed E-state index contributed by atoms with van der Waals surface area (Å²) in [4.78, 5) is 14.2. The predicted molar refractivity (Wildman–Crippen MR) is 76.0 cm³/mol. The molecule has 1 N–H and O–H groups in total. The molecule has 3 heteroatoms. The first-order chi connectivity index (χ1) is 9.20. The number of hydrogen-bond donors (Lipinski definition) is 1. The van der Waals surface area contributed by atoms with Crippen molar-refractivity contribution >= 4 is 5.91 Å². The summed E-state index contributed by atoms with van der Waals surface area (Å²) in [5, 5.41) is 3.06. The van der Waals surface area contributed by atoms with Crippen LogP contribution in [0.15, 0.2) is 30.3 Å². The van der Waals surface area contributed by atoms with Gasteiger partial charge in [0.1, 0.15) is 0 Å². The Morgan fingerprint density at radius 1 is 1.21 bits per heavy atom. The van der Waals surface area contributed by atoms with Crippen LogP contribution in [0, 0.1) is 5.41 Å². The van der Waals surface area contributed by atoms with E-state index in [1.165, 1.54) is 5.56 Å². The standard InChI is InChI=1S/C16H22N2O/c1-18-9-7-16(8-10-18)11-15(19)17-12-14(16)13-5-3-2-4-6-13/h2-6,14H,7-12H2,1H3,(H,17,19). The molecular formula is C16H22N2O. The van der Waals surface area contributed by atoms with Crippen molar-refractivity contribution in [3.63, 3.8) is 0 Å². The molecule has 2 saturated heterocycles. The summed E-state index contributed by atoms with van der Waals surface area (Å²) in [6.45, 7) is 3.01. The molecule has 1 aromatic rings. The van der Waals surface area contributed by atoms with Crippen molar-refractivity contribution in [2.75, 3.05) is 26.7 Å². The Labute approximate surface area is 115 Å². The van der Waals surface area contributed by atoms with E-state index in [2.05, 4.69) is 47.6 Å². The lowest BCUT2D eigenvalue weighted by molar-refractivity contribution is -0.128. The molecule has 0 radical (unpaired) electrons. The van der Waals surface area contributed by atoms with Crippen LogP contribution in [-0.2, 0) is 4.79 Å². The number of carbonyl (C=O) groups is 1. The van der Waals surface area contributed by atoms with Crippen LogP contribution >= 0.6 is 0 Å². The Hall–Kier alpha value is -1.35. The number of hydrogen-bond acceptors (Lipinski definition) is 2. The zero-order valence-electron chi connectivity index (χ0n) is 11.6. The van der Waals surface area contributed by atoms with E-state index < -0.39 is 0 Å². The molecule has 0 saturated carbocycles. The molecule has 0 bridgehead atoms. The predicted octanol–water partition coefficient (Wildman–Crippen LogP) is 2.00. The maximum atomic E-state index is 11.9. The molecule has 102 valence electrons. The second kappa shape index (κ2) is 4.97. The second-order valence-corrected chi connectivity index (χ2v) is 6.11. The van der Waals surface area contributed by atoms with Crippen molar-refractivity contribution in [3.8, 4) is 0 Å². The van der Waals surface area contributed by atoms with Crippen molar-refractivity contribution in [3.05, 3.63) is 35.9 Å². The quantitative estimate of drug-likeness (QED) is 0.835. The third-order valence-corrected chi connectivity index (χ3v) is 4.94. The fourth-order valence-electron chi connectivity index (χ4n) is 3.68. The highest BCUT2D eigenvalue weighted by Crippen LogP contribution is 2.48. The van der Waals surface area contributed by atoms with E-state index in [4.69, 9.17) is 0 Å². The maximum Gasteiger partial charge on any atom is 0.220 e. The van der Waals surface area contributed by atoms with Gasteiger partial charge in [0.15, 0.2) is 0 Å². The van der Waals surface area contributed by atoms with Gasteiger partial charge in [-0.3, -0.25) is 4.79 Å². The molecule has 1 unspecified atom stereocenters. The second-order valence-electron chi connectivity index (χ2n) is 6.11. The van der Waals surface area contributed by atoms with Crippen molar-refractivity contribution in [2.24, 2.45) is 5.41 Å². The number of benzene rings is 1. The Morgan fingerprint density at radius 3 is 2.58 bits per heavy atom. The van der Waals surface area contributed by atoms with Crippen LogP contribution in [0.3, 0.4) is 0 Å². The van der Waals surface area contributed by atoms with E-state index in [-0.39, 0.29) is 11.3 Å².